The first kappa shape index (κ1) is 31.4. The summed E-state index contributed by atoms with van der Waals surface area (Å²) in [5.74, 6) is -1.09. The summed E-state index contributed by atoms with van der Waals surface area (Å²) in [6, 6.07) is 10.0. The van der Waals surface area contributed by atoms with Crippen LogP contribution in [0.15, 0.2) is 54.9 Å². The van der Waals surface area contributed by atoms with E-state index >= 15 is 4.39 Å². The summed E-state index contributed by atoms with van der Waals surface area (Å²) < 4.78 is 51.1. The van der Waals surface area contributed by atoms with Crippen LogP contribution >= 0.6 is 0 Å². The number of benzene rings is 1. The predicted octanol–water partition coefficient (Wildman–Crippen LogP) is 4.91. The van der Waals surface area contributed by atoms with Crippen molar-refractivity contribution in [3.05, 3.63) is 77.6 Å². The normalized spacial score (nSPS) is 15.8. The number of pyridine rings is 3. The zero-order valence-electron chi connectivity index (χ0n) is 25.5. The Morgan fingerprint density at radius 3 is 2.37 bits per heavy atom. The summed E-state index contributed by atoms with van der Waals surface area (Å²) in [5, 5.41) is 0. The second-order valence-corrected chi connectivity index (χ2v) is 11.5. The van der Waals surface area contributed by atoms with Crippen LogP contribution < -0.4 is 14.2 Å². The van der Waals surface area contributed by atoms with Gasteiger partial charge >= 0.3 is 0 Å². The SMILES string of the molecule is COc1cc2nccc(Oc3ncc(CC(=O)C4(C(=O)Cc5ccc(F)cc5)CC4)cc3F)c2nc1OCCCN1CCOCC1. The average molecular weight is 633 g/mol. The van der Waals surface area contributed by atoms with E-state index < -0.39 is 17.0 Å². The number of hydrogen-bond donors (Lipinski definition) is 0. The van der Waals surface area contributed by atoms with Gasteiger partial charge in [-0.25, -0.2) is 18.7 Å². The number of ketones is 2. The minimum Gasteiger partial charge on any atom is -0.491 e. The zero-order valence-corrected chi connectivity index (χ0v) is 25.5. The van der Waals surface area contributed by atoms with Gasteiger partial charge in [-0.2, -0.15) is 0 Å². The molecule has 0 radical (unpaired) electrons. The number of morpholine rings is 1. The van der Waals surface area contributed by atoms with E-state index in [1.54, 1.807) is 12.1 Å². The van der Waals surface area contributed by atoms with Crippen LogP contribution in [0, 0.1) is 17.0 Å². The molecule has 0 spiro atoms. The number of methoxy groups -OCH3 is 1. The number of hydrogen-bond acceptors (Lipinski definition) is 10. The highest BCUT2D eigenvalue weighted by Gasteiger charge is 2.54. The fourth-order valence-corrected chi connectivity index (χ4v) is 5.52. The standard InChI is InChI=1S/C34H34F2N4O6/c1-43-28-20-26-31(39-33(28)45-14-2-11-40-12-15-44-16-13-40)27(7-10-37-26)46-32-25(36)17-23(21-38-32)19-30(42)34(8-9-34)29(41)18-22-3-5-24(35)6-4-22/h3-7,10,17,20-21H,2,8-9,11-16,18-19H2,1H3. The lowest BCUT2D eigenvalue weighted by Crippen LogP contribution is -2.37. The second-order valence-electron chi connectivity index (χ2n) is 11.5. The third kappa shape index (κ3) is 7.13. The Morgan fingerprint density at radius 2 is 1.67 bits per heavy atom. The van der Waals surface area contributed by atoms with Crippen molar-refractivity contribution in [3.8, 4) is 23.3 Å². The minimum atomic E-state index is -1.09. The van der Waals surface area contributed by atoms with Crippen molar-refractivity contribution in [1.29, 1.82) is 0 Å². The van der Waals surface area contributed by atoms with Crippen LogP contribution in [0.4, 0.5) is 8.78 Å². The summed E-state index contributed by atoms with van der Waals surface area (Å²) in [6.07, 6.45) is 4.42. The predicted molar refractivity (Wildman–Crippen MR) is 163 cm³/mol. The molecule has 0 bridgehead atoms. The van der Waals surface area contributed by atoms with Gasteiger partial charge in [-0.3, -0.25) is 19.5 Å². The number of rotatable bonds is 14. The lowest BCUT2D eigenvalue weighted by Gasteiger charge is -2.26. The summed E-state index contributed by atoms with van der Waals surface area (Å²) >= 11 is 0. The maximum absolute atomic E-state index is 15.2. The molecule has 1 aromatic carbocycles. The number of fused-ring (bicyclic) bond motifs is 1. The van der Waals surface area contributed by atoms with E-state index in [0.29, 0.717) is 47.4 Å². The average Bonchev–Trinajstić information content (AvgIpc) is 3.88. The molecule has 1 aliphatic heterocycles. The van der Waals surface area contributed by atoms with Gasteiger partial charge in [0, 0.05) is 57.0 Å². The number of carbonyl (C=O) groups excluding carboxylic acids is 2. The molecule has 6 rings (SSSR count). The summed E-state index contributed by atoms with van der Waals surface area (Å²) in [7, 11) is 1.52. The fourth-order valence-electron chi connectivity index (χ4n) is 5.52. The molecule has 0 unspecified atom stereocenters. The number of carbonyl (C=O) groups is 2. The number of halogens is 2. The molecular formula is C34H34F2N4O6. The van der Waals surface area contributed by atoms with Gasteiger partial charge in [0.15, 0.2) is 28.9 Å². The molecule has 4 aromatic rings. The maximum Gasteiger partial charge on any atom is 0.257 e. The molecule has 3 aromatic heterocycles. The molecule has 1 saturated heterocycles. The Bertz CT molecular complexity index is 1730. The largest absolute Gasteiger partial charge is 0.491 e. The topological polar surface area (TPSA) is 113 Å². The first-order valence-electron chi connectivity index (χ1n) is 15.2. The molecule has 2 aliphatic rings. The van der Waals surface area contributed by atoms with Crippen LogP contribution in [0.3, 0.4) is 0 Å². The third-order valence-electron chi connectivity index (χ3n) is 8.32. The van der Waals surface area contributed by atoms with E-state index in [0.717, 1.165) is 39.3 Å². The minimum absolute atomic E-state index is 0.0341. The zero-order chi connectivity index (χ0) is 32.1. The summed E-state index contributed by atoms with van der Waals surface area (Å²) in [5.41, 5.74) is 0.662. The molecule has 4 heterocycles. The number of ether oxygens (including phenoxy) is 4. The van der Waals surface area contributed by atoms with Gasteiger partial charge in [0.1, 0.15) is 11.3 Å². The van der Waals surface area contributed by atoms with Crippen LogP contribution in [-0.2, 0) is 27.2 Å². The smallest absolute Gasteiger partial charge is 0.257 e. The second kappa shape index (κ2) is 13.8. The fraction of sp³-hybridized carbons (Fsp3) is 0.382. The first-order valence-corrected chi connectivity index (χ1v) is 15.2. The van der Waals surface area contributed by atoms with Crippen LogP contribution in [0.5, 0.6) is 23.3 Å². The molecular weight excluding hydrogens is 598 g/mol. The molecule has 46 heavy (non-hydrogen) atoms. The Hall–Kier alpha value is -4.55. The van der Waals surface area contributed by atoms with E-state index in [4.69, 9.17) is 18.9 Å². The van der Waals surface area contributed by atoms with Crippen LogP contribution in [-0.4, -0.2) is 78.0 Å². The van der Waals surface area contributed by atoms with Crippen molar-refractivity contribution in [2.45, 2.75) is 32.1 Å². The Kier molecular flexibility index (Phi) is 9.46. The highest BCUT2D eigenvalue weighted by atomic mass is 19.1. The Morgan fingerprint density at radius 1 is 0.935 bits per heavy atom. The monoisotopic (exact) mass is 632 g/mol. The van der Waals surface area contributed by atoms with Gasteiger partial charge in [0.25, 0.3) is 11.8 Å². The lowest BCUT2D eigenvalue weighted by atomic mass is 9.88. The van der Waals surface area contributed by atoms with Crippen molar-refractivity contribution < 1.29 is 37.3 Å². The van der Waals surface area contributed by atoms with Crippen LogP contribution in [0.2, 0.25) is 0 Å². The Balaban J connectivity index is 1.12. The van der Waals surface area contributed by atoms with Gasteiger partial charge in [0.2, 0.25) is 0 Å². The molecule has 12 heteroatoms. The Labute approximate surface area is 264 Å². The first-order chi connectivity index (χ1) is 22.3. The van der Waals surface area contributed by atoms with E-state index in [9.17, 15) is 14.0 Å². The van der Waals surface area contributed by atoms with Crippen molar-refractivity contribution >= 4 is 22.6 Å². The van der Waals surface area contributed by atoms with E-state index in [1.165, 1.54) is 49.8 Å². The van der Waals surface area contributed by atoms with Crippen molar-refractivity contribution in [1.82, 2.24) is 19.9 Å². The van der Waals surface area contributed by atoms with Crippen molar-refractivity contribution in [2.24, 2.45) is 5.41 Å². The highest BCUT2D eigenvalue weighted by Crippen LogP contribution is 2.49. The summed E-state index contributed by atoms with van der Waals surface area (Å²) in [6.45, 7) is 4.53. The van der Waals surface area contributed by atoms with Crippen LogP contribution in [0.25, 0.3) is 11.0 Å². The van der Waals surface area contributed by atoms with Crippen LogP contribution in [0.1, 0.15) is 30.4 Å². The number of nitrogens with zero attached hydrogens (tertiary/aromatic N) is 4. The number of aromatic nitrogens is 3. The van der Waals surface area contributed by atoms with E-state index in [1.807, 2.05) is 0 Å². The van der Waals surface area contributed by atoms with Crippen molar-refractivity contribution in [3.63, 3.8) is 0 Å². The molecule has 10 nitrogen and oxygen atoms in total. The van der Waals surface area contributed by atoms with Gasteiger partial charge in [-0.1, -0.05) is 12.1 Å². The molecule has 1 aliphatic carbocycles. The molecule has 0 amide bonds. The van der Waals surface area contributed by atoms with Gasteiger partial charge in [-0.15, -0.1) is 0 Å². The molecule has 2 fully saturated rings. The third-order valence-corrected chi connectivity index (χ3v) is 8.32. The van der Waals surface area contributed by atoms with Gasteiger partial charge in [0.05, 0.1) is 37.9 Å². The van der Waals surface area contributed by atoms with Crippen molar-refractivity contribution in [2.75, 3.05) is 46.6 Å². The molecule has 0 N–H and O–H groups in total. The van der Waals surface area contributed by atoms with Gasteiger partial charge in [-0.05, 0) is 48.6 Å². The summed E-state index contributed by atoms with van der Waals surface area (Å²) in [4.78, 5) is 41.5. The molecule has 1 saturated carbocycles. The maximum atomic E-state index is 15.2. The molecule has 0 atom stereocenters. The molecule has 240 valence electrons. The van der Waals surface area contributed by atoms with E-state index in [-0.39, 0.29) is 41.9 Å². The lowest BCUT2D eigenvalue weighted by molar-refractivity contribution is -0.133. The quantitative estimate of drug-likeness (QED) is 0.140. The van der Waals surface area contributed by atoms with Gasteiger partial charge < -0.3 is 18.9 Å². The highest BCUT2D eigenvalue weighted by molar-refractivity contribution is 6.10. The van der Waals surface area contributed by atoms with E-state index in [2.05, 4.69) is 19.9 Å². The number of Topliss-reactive ketones (excluding diaryl/α,β-unsaturated/α-hetero) is 2.